The third kappa shape index (κ3) is 4.45. The van der Waals surface area contributed by atoms with Gasteiger partial charge in [-0.1, -0.05) is 22.0 Å². The van der Waals surface area contributed by atoms with Crippen LogP contribution in [-0.4, -0.2) is 25.2 Å². The number of carbonyl (C=O) groups is 1. The number of nitrogens with one attached hydrogen (secondary N) is 1. The van der Waals surface area contributed by atoms with Crippen LogP contribution in [0, 0.1) is 0 Å². The summed E-state index contributed by atoms with van der Waals surface area (Å²) >= 11 is 3.37. The van der Waals surface area contributed by atoms with Crippen LogP contribution in [0.25, 0.3) is 0 Å². The molecule has 0 radical (unpaired) electrons. The molecular weight excluding hydrogens is 386 g/mol. The molecule has 1 N–H and O–H groups in total. The zero-order chi connectivity index (χ0) is 17.8. The summed E-state index contributed by atoms with van der Waals surface area (Å²) in [5, 5.41) is 2.84. The van der Waals surface area contributed by atoms with Crippen molar-refractivity contribution < 1.29 is 19.0 Å². The smallest absolute Gasteiger partial charge is 0.262 e. The van der Waals surface area contributed by atoms with E-state index >= 15 is 0 Å². The van der Waals surface area contributed by atoms with Crippen LogP contribution in [0.5, 0.6) is 17.2 Å². The second-order valence-corrected chi connectivity index (χ2v) is 6.73. The van der Waals surface area contributed by atoms with Gasteiger partial charge in [0, 0.05) is 22.5 Å². The van der Waals surface area contributed by atoms with Crippen LogP contribution in [0.2, 0.25) is 0 Å². The number of anilines is 1. The van der Waals surface area contributed by atoms with Crippen LogP contribution in [0.3, 0.4) is 0 Å². The number of hydrogen-bond acceptors (Lipinski definition) is 4. The van der Waals surface area contributed by atoms with Crippen LogP contribution >= 0.6 is 15.9 Å². The van der Waals surface area contributed by atoms with Gasteiger partial charge in [0.15, 0.2) is 6.61 Å². The number of rotatable bonds is 6. The minimum Gasteiger partial charge on any atom is -0.492 e. The lowest BCUT2D eigenvalue weighted by atomic mass is 10.1. The van der Waals surface area contributed by atoms with Crippen molar-refractivity contribution in [3.63, 3.8) is 0 Å². The molecule has 1 aliphatic heterocycles. The second-order valence-electron chi connectivity index (χ2n) is 5.82. The Morgan fingerprint density at radius 1 is 1.32 bits per heavy atom. The van der Waals surface area contributed by atoms with E-state index in [4.69, 9.17) is 14.2 Å². The summed E-state index contributed by atoms with van der Waals surface area (Å²) in [4.78, 5) is 12.2. The first-order valence-electron chi connectivity index (χ1n) is 8.19. The highest BCUT2D eigenvalue weighted by Crippen LogP contribution is 2.38. The van der Waals surface area contributed by atoms with Crippen molar-refractivity contribution in [2.45, 2.75) is 26.4 Å². The Hall–Kier alpha value is -2.21. The highest BCUT2D eigenvalue weighted by molar-refractivity contribution is 9.10. The van der Waals surface area contributed by atoms with Crippen LogP contribution in [0.1, 0.15) is 19.4 Å². The molecule has 0 aliphatic carbocycles. The topological polar surface area (TPSA) is 56.8 Å². The standard InChI is InChI=1S/C19H20BrNO4/c1-3-23-18-8-13-7-12(2)25-17(13)10-16(18)21-19(22)11-24-15-6-4-5-14(20)9-15/h4-6,8-10,12H,3,7,11H2,1-2H3,(H,21,22). The number of benzene rings is 2. The lowest BCUT2D eigenvalue weighted by molar-refractivity contribution is -0.118. The molecule has 2 aromatic carbocycles. The number of carbonyl (C=O) groups excluding carboxylic acids is 1. The Bertz CT molecular complexity index is 778. The van der Waals surface area contributed by atoms with Gasteiger partial charge in [-0.2, -0.15) is 0 Å². The summed E-state index contributed by atoms with van der Waals surface area (Å²) in [5.74, 6) is 1.81. The summed E-state index contributed by atoms with van der Waals surface area (Å²) in [6, 6.07) is 11.1. The molecule has 25 heavy (non-hydrogen) atoms. The summed E-state index contributed by atoms with van der Waals surface area (Å²) in [6.45, 7) is 4.36. The average molecular weight is 406 g/mol. The maximum atomic E-state index is 12.2. The fourth-order valence-corrected chi connectivity index (χ4v) is 3.08. The molecule has 1 unspecified atom stereocenters. The lowest BCUT2D eigenvalue weighted by Crippen LogP contribution is -2.20. The number of ether oxygens (including phenoxy) is 3. The Kier molecular flexibility index (Phi) is 5.48. The molecule has 3 rings (SSSR count). The molecule has 1 heterocycles. The normalized spacial score (nSPS) is 15.2. The van der Waals surface area contributed by atoms with Gasteiger partial charge in [0.2, 0.25) is 0 Å². The van der Waals surface area contributed by atoms with Crippen molar-refractivity contribution in [3.05, 3.63) is 46.4 Å². The summed E-state index contributed by atoms with van der Waals surface area (Å²) < 4.78 is 17.8. The monoisotopic (exact) mass is 405 g/mol. The van der Waals surface area contributed by atoms with Crippen molar-refractivity contribution in [2.24, 2.45) is 0 Å². The molecule has 0 spiro atoms. The third-order valence-corrected chi connectivity index (χ3v) is 4.23. The number of hydrogen-bond donors (Lipinski definition) is 1. The van der Waals surface area contributed by atoms with Gasteiger partial charge in [0.05, 0.1) is 12.3 Å². The molecule has 1 amide bonds. The molecule has 0 aromatic heterocycles. The Labute approximate surface area is 155 Å². The molecule has 0 fully saturated rings. The molecule has 0 saturated heterocycles. The van der Waals surface area contributed by atoms with Gasteiger partial charge < -0.3 is 19.5 Å². The maximum Gasteiger partial charge on any atom is 0.262 e. The van der Waals surface area contributed by atoms with Crippen molar-refractivity contribution in [1.29, 1.82) is 0 Å². The zero-order valence-electron chi connectivity index (χ0n) is 14.2. The first-order chi connectivity index (χ1) is 12.0. The van der Waals surface area contributed by atoms with E-state index in [0.29, 0.717) is 23.8 Å². The Balaban J connectivity index is 1.69. The van der Waals surface area contributed by atoms with E-state index in [0.717, 1.165) is 22.2 Å². The fourth-order valence-electron chi connectivity index (χ4n) is 2.70. The van der Waals surface area contributed by atoms with Gasteiger partial charge in [-0.25, -0.2) is 0 Å². The molecule has 5 nitrogen and oxygen atoms in total. The van der Waals surface area contributed by atoms with Crippen molar-refractivity contribution >= 4 is 27.5 Å². The number of halogens is 1. The second kappa shape index (κ2) is 7.78. The maximum absolute atomic E-state index is 12.2. The van der Waals surface area contributed by atoms with E-state index in [9.17, 15) is 4.79 Å². The van der Waals surface area contributed by atoms with Gasteiger partial charge in [0.1, 0.15) is 23.4 Å². The molecule has 2 aromatic rings. The molecular formula is C19H20BrNO4. The van der Waals surface area contributed by atoms with E-state index in [1.165, 1.54) is 0 Å². The highest BCUT2D eigenvalue weighted by Gasteiger charge is 2.22. The highest BCUT2D eigenvalue weighted by atomic mass is 79.9. The predicted molar refractivity (Wildman–Crippen MR) is 99.7 cm³/mol. The number of amides is 1. The van der Waals surface area contributed by atoms with E-state index in [1.54, 1.807) is 6.07 Å². The molecule has 132 valence electrons. The van der Waals surface area contributed by atoms with Crippen LogP contribution in [-0.2, 0) is 11.2 Å². The largest absolute Gasteiger partial charge is 0.492 e. The molecule has 1 atom stereocenters. The van der Waals surface area contributed by atoms with E-state index in [1.807, 2.05) is 44.2 Å². The van der Waals surface area contributed by atoms with Crippen molar-refractivity contribution in [1.82, 2.24) is 0 Å². The van der Waals surface area contributed by atoms with Gasteiger partial charge in [0.25, 0.3) is 5.91 Å². The fraction of sp³-hybridized carbons (Fsp3) is 0.316. The van der Waals surface area contributed by atoms with Gasteiger partial charge in [-0.3, -0.25) is 4.79 Å². The summed E-state index contributed by atoms with van der Waals surface area (Å²) in [6.07, 6.45) is 0.977. The van der Waals surface area contributed by atoms with Gasteiger partial charge in [-0.05, 0) is 38.1 Å². The minimum atomic E-state index is -0.257. The van der Waals surface area contributed by atoms with E-state index in [-0.39, 0.29) is 18.6 Å². The predicted octanol–water partition coefficient (Wildman–Crippen LogP) is 4.19. The van der Waals surface area contributed by atoms with Crippen molar-refractivity contribution in [2.75, 3.05) is 18.5 Å². The van der Waals surface area contributed by atoms with E-state index < -0.39 is 0 Å². The average Bonchev–Trinajstić information content (AvgIpc) is 2.92. The molecule has 0 saturated carbocycles. The van der Waals surface area contributed by atoms with Crippen molar-refractivity contribution in [3.8, 4) is 17.2 Å². The lowest BCUT2D eigenvalue weighted by Gasteiger charge is -2.14. The summed E-state index contributed by atoms with van der Waals surface area (Å²) in [7, 11) is 0. The zero-order valence-corrected chi connectivity index (χ0v) is 15.8. The molecule has 6 heteroatoms. The minimum absolute atomic E-state index is 0.0869. The quantitative estimate of drug-likeness (QED) is 0.782. The molecule has 1 aliphatic rings. The Morgan fingerprint density at radius 3 is 2.92 bits per heavy atom. The number of fused-ring (bicyclic) bond motifs is 1. The SMILES string of the molecule is CCOc1cc2c(cc1NC(=O)COc1cccc(Br)c1)OC(C)C2. The summed E-state index contributed by atoms with van der Waals surface area (Å²) in [5.41, 5.74) is 1.69. The third-order valence-electron chi connectivity index (χ3n) is 3.74. The Morgan fingerprint density at radius 2 is 2.16 bits per heavy atom. The van der Waals surface area contributed by atoms with E-state index in [2.05, 4.69) is 21.2 Å². The van der Waals surface area contributed by atoms with Gasteiger partial charge >= 0.3 is 0 Å². The molecule has 0 bridgehead atoms. The van der Waals surface area contributed by atoms with Crippen LogP contribution in [0.15, 0.2) is 40.9 Å². The first kappa shape index (κ1) is 17.6. The van der Waals surface area contributed by atoms with Crippen LogP contribution < -0.4 is 19.5 Å². The first-order valence-corrected chi connectivity index (χ1v) is 8.99. The van der Waals surface area contributed by atoms with Crippen LogP contribution in [0.4, 0.5) is 5.69 Å². The van der Waals surface area contributed by atoms with Gasteiger partial charge in [-0.15, -0.1) is 0 Å².